The van der Waals surface area contributed by atoms with E-state index >= 15 is 0 Å². The molecule has 0 atom stereocenters. The Kier molecular flexibility index (Phi) is 4.42. The highest BCUT2D eigenvalue weighted by Gasteiger charge is 2.19. The van der Waals surface area contributed by atoms with E-state index in [1.807, 2.05) is 36.4 Å². The molecule has 4 heteroatoms. The number of hydrogen-bond donors (Lipinski definition) is 2. The first-order valence-corrected chi connectivity index (χ1v) is 11.8. The second kappa shape index (κ2) is 7.79. The van der Waals surface area contributed by atoms with Crippen LogP contribution in [0.5, 0.6) is 0 Å². The van der Waals surface area contributed by atoms with Gasteiger partial charge in [-0.3, -0.25) is 10.8 Å². The topological polar surface area (TPSA) is 73.5 Å². The number of nitrogens with zero attached hydrogens (tertiary/aromatic N) is 2. The molecule has 36 heavy (non-hydrogen) atoms. The first-order chi connectivity index (χ1) is 17.7. The quantitative estimate of drug-likeness (QED) is 0.278. The summed E-state index contributed by atoms with van der Waals surface area (Å²) in [6.45, 7) is 0. The molecule has 0 radical (unpaired) electrons. The van der Waals surface area contributed by atoms with Gasteiger partial charge in [-0.05, 0) is 51.4 Å². The Bertz CT molecular complexity index is 1930. The van der Waals surface area contributed by atoms with Crippen LogP contribution >= 0.6 is 0 Å². The van der Waals surface area contributed by atoms with Gasteiger partial charge in [-0.15, -0.1) is 0 Å². The number of nitrogens with one attached hydrogen (secondary N) is 2. The van der Waals surface area contributed by atoms with Crippen molar-refractivity contribution in [3.63, 3.8) is 0 Å². The summed E-state index contributed by atoms with van der Waals surface area (Å²) in [5, 5.41) is 22.0. The summed E-state index contributed by atoms with van der Waals surface area (Å²) >= 11 is 0. The van der Waals surface area contributed by atoms with Gasteiger partial charge in [0.2, 0.25) is 0 Å². The van der Waals surface area contributed by atoms with Crippen LogP contribution in [-0.4, -0.2) is 21.4 Å². The molecule has 6 aromatic rings. The van der Waals surface area contributed by atoms with E-state index in [2.05, 4.69) is 66.7 Å². The van der Waals surface area contributed by atoms with Gasteiger partial charge in [0, 0.05) is 22.1 Å². The van der Waals surface area contributed by atoms with Crippen molar-refractivity contribution in [1.29, 1.82) is 10.8 Å². The maximum atomic E-state index is 8.55. The van der Waals surface area contributed by atoms with E-state index < -0.39 is 0 Å². The molecule has 1 aromatic heterocycles. The van der Waals surface area contributed by atoms with E-state index in [4.69, 9.17) is 20.8 Å². The molecule has 0 bridgehead atoms. The zero-order valence-electron chi connectivity index (χ0n) is 19.3. The Labute approximate surface area is 207 Å². The fourth-order valence-corrected chi connectivity index (χ4v) is 5.05. The van der Waals surface area contributed by atoms with E-state index in [-0.39, 0.29) is 11.4 Å². The Morgan fingerprint density at radius 2 is 1.31 bits per heavy atom. The molecule has 0 fully saturated rings. The minimum absolute atomic E-state index is 0.223. The summed E-state index contributed by atoms with van der Waals surface area (Å²) in [6.07, 6.45) is 3.59. The first kappa shape index (κ1) is 20.4. The monoisotopic (exact) mass is 460 g/mol. The predicted molar refractivity (Wildman–Crippen MR) is 149 cm³/mol. The number of rotatable bonds is 2. The average molecular weight is 461 g/mol. The molecule has 1 aliphatic carbocycles. The lowest BCUT2D eigenvalue weighted by Crippen LogP contribution is -2.16. The highest BCUT2D eigenvalue weighted by molar-refractivity contribution is 6.53. The number of para-hydroxylation sites is 1. The van der Waals surface area contributed by atoms with Gasteiger partial charge in [-0.25, -0.2) is 9.97 Å². The minimum Gasteiger partial charge on any atom is -0.299 e. The molecule has 0 aliphatic heterocycles. The number of aromatic nitrogens is 2. The smallest absolute Gasteiger partial charge is 0.160 e. The molecular formula is C32H20N4. The summed E-state index contributed by atoms with van der Waals surface area (Å²) in [7, 11) is 0. The zero-order chi connectivity index (χ0) is 24.2. The van der Waals surface area contributed by atoms with E-state index in [1.165, 1.54) is 10.8 Å². The molecule has 4 nitrogen and oxygen atoms in total. The van der Waals surface area contributed by atoms with Crippen LogP contribution in [0, 0.1) is 10.8 Å². The Balaban J connectivity index is 1.47. The molecular weight excluding hydrogens is 440 g/mol. The second-order valence-corrected chi connectivity index (χ2v) is 9.06. The maximum absolute atomic E-state index is 8.55. The lowest BCUT2D eigenvalue weighted by atomic mass is 9.88. The molecule has 7 rings (SSSR count). The summed E-state index contributed by atoms with van der Waals surface area (Å²) < 4.78 is 0. The molecule has 5 aromatic carbocycles. The van der Waals surface area contributed by atoms with Crippen molar-refractivity contribution in [3.05, 3.63) is 114 Å². The molecule has 0 saturated carbocycles. The van der Waals surface area contributed by atoms with Gasteiger partial charge in [0.05, 0.1) is 22.6 Å². The normalized spacial score (nSPS) is 13.0. The standard InChI is InChI=1S/C32H20N4/c33-27-16-15-21-12-10-20-11-14-24(18-26(20)29(21)30(27)34)32-35-28-8-4-3-7-25(28)31(36-32)23-13-9-19-5-1-2-6-22(19)17-23/h1-18,33-34H. The molecule has 0 amide bonds. The van der Waals surface area contributed by atoms with Gasteiger partial charge in [-0.1, -0.05) is 84.9 Å². The predicted octanol–water partition coefficient (Wildman–Crippen LogP) is 7.68. The zero-order valence-corrected chi connectivity index (χ0v) is 19.3. The van der Waals surface area contributed by atoms with Crippen LogP contribution in [0.25, 0.3) is 61.2 Å². The van der Waals surface area contributed by atoms with E-state index in [1.54, 1.807) is 6.08 Å². The third kappa shape index (κ3) is 3.16. The Morgan fingerprint density at radius 1 is 0.556 bits per heavy atom. The molecule has 1 aliphatic rings. The minimum atomic E-state index is 0.223. The van der Waals surface area contributed by atoms with Crippen LogP contribution in [0.1, 0.15) is 11.1 Å². The maximum Gasteiger partial charge on any atom is 0.160 e. The lowest BCUT2D eigenvalue weighted by Gasteiger charge is -2.16. The number of fused-ring (bicyclic) bond motifs is 5. The van der Waals surface area contributed by atoms with E-state index in [0.717, 1.165) is 49.6 Å². The summed E-state index contributed by atoms with van der Waals surface area (Å²) in [5.74, 6) is 0.643. The summed E-state index contributed by atoms with van der Waals surface area (Å²) in [5.41, 5.74) is 5.93. The van der Waals surface area contributed by atoms with Gasteiger partial charge in [0.1, 0.15) is 0 Å². The van der Waals surface area contributed by atoms with Gasteiger partial charge in [0.25, 0.3) is 0 Å². The van der Waals surface area contributed by atoms with E-state index in [0.29, 0.717) is 5.82 Å². The number of allylic oxidation sites excluding steroid dienone is 1. The van der Waals surface area contributed by atoms with Crippen molar-refractivity contribution in [2.24, 2.45) is 0 Å². The van der Waals surface area contributed by atoms with Crippen molar-refractivity contribution in [1.82, 2.24) is 9.97 Å². The molecule has 0 unspecified atom stereocenters. The van der Waals surface area contributed by atoms with Gasteiger partial charge in [-0.2, -0.15) is 0 Å². The molecule has 168 valence electrons. The van der Waals surface area contributed by atoms with Crippen molar-refractivity contribution >= 4 is 49.9 Å². The Morgan fingerprint density at radius 3 is 2.22 bits per heavy atom. The second-order valence-electron chi connectivity index (χ2n) is 9.06. The Hall–Kier alpha value is -4.96. The molecule has 0 spiro atoms. The molecule has 2 N–H and O–H groups in total. The van der Waals surface area contributed by atoms with Crippen molar-refractivity contribution in [3.8, 4) is 22.6 Å². The fourth-order valence-electron chi connectivity index (χ4n) is 5.05. The first-order valence-electron chi connectivity index (χ1n) is 11.8. The van der Waals surface area contributed by atoms with Crippen LogP contribution in [0.15, 0.2) is 103 Å². The van der Waals surface area contributed by atoms with Crippen LogP contribution in [0.3, 0.4) is 0 Å². The van der Waals surface area contributed by atoms with Crippen molar-refractivity contribution in [2.75, 3.05) is 0 Å². The van der Waals surface area contributed by atoms with Crippen LogP contribution < -0.4 is 0 Å². The molecule has 0 saturated heterocycles. The highest BCUT2D eigenvalue weighted by atomic mass is 14.9. The number of benzene rings is 5. The van der Waals surface area contributed by atoms with Crippen molar-refractivity contribution < 1.29 is 0 Å². The van der Waals surface area contributed by atoms with Crippen LogP contribution in [0.2, 0.25) is 0 Å². The SMILES string of the molecule is N=C1C=Cc2ccc3ccc(-c4nc(-c5ccc6ccccc6c5)c5ccccc5n4)cc3c2C1=N. The van der Waals surface area contributed by atoms with Crippen molar-refractivity contribution in [2.45, 2.75) is 0 Å². The fraction of sp³-hybridized carbons (Fsp3) is 0. The lowest BCUT2D eigenvalue weighted by molar-refractivity contribution is 1.23. The van der Waals surface area contributed by atoms with E-state index in [9.17, 15) is 0 Å². The highest BCUT2D eigenvalue weighted by Crippen LogP contribution is 2.34. The summed E-state index contributed by atoms with van der Waals surface area (Å²) in [6, 6.07) is 33.1. The number of hydrogen-bond acceptors (Lipinski definition) is 4. The molecule has 1 heterocycles. The van der Waals surface area contributed by atoms with Crippen LogP contribution in [0.4, 0.5) is 0 Å². The van der Waals surface area contributed by atoms with Gasteiger partial charge < -0.3 is 0 Å². The van der Waals surface area contributed by atoms with Crippen LogP contribution in [-0.2, 0) is 0 Å². The third-order valence-corrected chi connectivity index (χ3v) is 6.89. The third-order valence-electron chi connectivity index (χ3n) is 6.89. The van der Waals surface area contributed by atoms with Gasteiger partial charge >= 0.3 is 0 Å². The average Bonchev–Trinajstić information content (AvgIpc) is 2.93. The largest absolute Gasteiger partial charge is 0.299 e. The van der Waals surface area contributed by atoms with Gasteiger partial charge in [0.15, 0.2) is 5.82 Å². The summed E-state index contributed by atoms with van der Waals surface area (Å²) in [4.78, 5) is 10.0.